The number of rotatable bonds is 5. The third kappa shape index (κ3) is 4.43. The molecule has 0 aliphatic carbocycles. The van der Waals surface area contributed by atoms with Crippen LogP contribution in [0.5, 0.6) is 5.75 Å². The average Bonchev–Trinajstić information content (AvgIpc) is 2.47. The highest BCUT2D eigenvalue weighted by molar-refractivity contribution is 14.1. The molecule has 21 heavy (non-hydrogen) atoms. The van der Waals surface area contributed by atoms with Crippen molar-refractivity contribution in [2.45, 2.75) is 12.5 Å². The Morgan fingerprint density at radius 2 is 1.95 bits per heavy atom. The van der Waals surface area contributed by atoms with Gasteiger partial charge < -0.3 is 10.1 Å². The zero-order valence-corrected chi connectivity index (χ0v) is 17.1. The van der Waals surface area contributed by atoms with E-state index in [0.717, 1.165) is 21.1 Å². The van der Waals surface area contributed by atoms with Crippen molar-refractivity contribution in [1.82, 2.24) is 5.32 Å². The molecule has 2 aromatic rings. The van der Waals surface area contributed by atoms with E-state index >= 15 is 0 Å². The number of nitrogens with one attached hydrogen (secondary N) is 1. The van der Waals surface area contributed by atoms with Crippen molar-refractivity contribution in [2.75, 3.05) is 14.2 Å². The van der Waals surface area contributed by atoms with Crippen LogP contribution in [0.3, 0.4) is 0 Å². The third-order valence-electron chi connectivity index (χ3n) is 3.34. The molecule has 1 N–H and O–H groups in total. The molecule has 0 aromatic heterocycles. The number of ether oxygens (including phenoxy) is 1. The van der Waals surface area contributed by atoms with Crippen LogP contribution in [0.4, 0.5) is 0 Å². The first-order valence-electron chi connectivity index (χ1n) is 6.49. The van der Waals surface area contributed by atoms with Gasteiger partial charge in [0.05, 0.1) is 11.6 Å². The summed E-state index contributed by atoms with van der Waals surface area (Å²) >= 11 is 9.49. The molecule has 0 aliphatic rings. The molecule has 2 rings (SSSR count). The Labute approximate surface area is 156 Å². The Bertz CT molecular complexity index is 634. The van der Waals surface area contributed by atoms with E-state index in [1.54, 1.807) is 7.11 Å². The van der Waals surface area contributed by atoms with E-state index < -0.39 is 0 Å². The van der Waals surface area contributed by atoms with Gasteiger partial charge in [0.15, 0.2) is 0 Å². The lowest BCUT2D eigenvalue weighted by molar-refractivity contribution is 0.412. The first-order valence-corrected chi connectivity index (χ1v) is 9.16. The van der Waals surface area contributed by atoms with Gasteiger partial charge in [-0.15, -0.1) is 0 Å². The SMILES string of the molecule is CNC(Cc1ccc(OC)c(Br)c1)c1cc(Br)ccc1I. The maximum Gasteiger partial charge on any atom is 0.133 e. The second-order valence-electron chi connectivity index (χ2n) is 4.68. The lowest BCUT2D eigenvalue weighted by Crippen LogP contribution is -2.20. The Kier molecular flexibility index (Phi) is 6.52. The minimum atomic E-state index is 0.273. The van der Waals surface area contributed by atoms with Crippen LogP contribution in [-0.2, 0) is 6.42 Å². The maximum atomic E-state index is 5.28. The van der Waals surface area contributed by atoms with Crippen LogP contribution in [0.1, 0.15) is 17.2 Å². The van der Waals surface area contributed by atoms with E-state index in [1.807, 2.05) is 13.1 Å². The summed E-state index contributed by atoms with van der Waals surface area (Å²) in [5.74, 6) is 0.858. The van der Waals surface area contributed by atoms with Crippen molar-refractivity contribution in [2.24, 2.45) is 0 Å². The van der Waals surface area contributed by atoms with Crippen molar-refractivity contribution in [1.29, 1.82) is 0 Å². The second kappa shape index (κ2) is 7.94. The fourth-order valence-corrected chi connectivity index (χ4v) is 3.90. The predicted molar refractivity (Wildman–Crippen MR) is 103 cm³/mol. The number of hydrogen-bond donors (Lipinski definition) is 1. The Morgan fingerprint density at radius 3 is 2.57 bits per heavy atom. The van der Waals surface area contributed by atoms with Crippen LogP contribution in [-0.4, -0.2) is 14.2 Å². The van der Waals surface area contributed by atoms with Gasteiger partial charge in [-0.25, -0.2) is 0 Å². The number of benzene rings is 2. The lowest BCUT2D eigenvalue weighted by Gasteiger charge is -2.19. The van der Waals surface area contributed by atoms with Gasteiger partial charge >= 0.3 is 0 Å². The highest BCUT2D eigenvalue weighted by atomic mass is 127. The Hall–Kier alpha value is -0.110. The molecular formula is C16H16Br2INO. The second-order valence-corrected chi connectivity index (χ2v) is 7.61. The fourth-order valence-electron chi connectivity index (χ4n) is 2.22. The van der Waals surface area contributed by atoms with E-state index in [2.05, 4.69) is 90.1 Å². The van der Waals surface area contributed by atoms with Crippen LogP contribution in [0.25, 0.3) is 0 Å². The Balaban J connectivity index is 2.26. The van der Waals surface area contributed by atoms with Crippen molar-refractivity contribution in [3.8, 4) is 5.75 Å². The zero-order valence-electron chi connectivity index (χ0n) is 11.8. The van der Waals surface area contributed by atoms with Gasteiger partial charge in [0.25, 0.3) is 0 Å². The third-order valence-corrected chi connectivity index (χ3v) is 5.43. The molecular weight excluding hydrogens is 509 g/mol. The largest absolute Gasteiger partial charge is 0.496 e. The van der Waals surface area contributed by atoms with Crippen LogP contribution in [0.2, 0.25) is 0 Å². The molecule has 0 fully saturated rings. The van der Waals surface area contributed by atoms with Gasteiger partial charge in [-0.1, -0.05) is 22.0 Å². The highest BCUT2D eigenvalue weighted by Gasteiger charge is 2.14. The first-order chi connectivity index (χ1) is 10.0. The van der Waals surface area contributed by atoms with Crippen LogP contribution < -0.4 is 10.1 Å². The summed E-state index contributed by atoms with van der Waals surface area (Å²) in [4.78, 5) is 0. The van der Waals surface area contributed by atoms with Crippen molar-refractivity contribution < 1.29 is 4.74 Å². The summed E-state index contributed by atoms with van der Waals surface area (Å²) in [5.41, 5.74) is 2.57. The van der Waals surface area contributed by atoms with Gasteiger partial charge in [0, 0.05) is 14.1 Å². The summed E-state index contributed by atoms with van der Waals surface area (Å²) < 4.78 is 8.64. The molecule has 0 bridgehead atoms. The van der Waals surface area contributed by atoms with Gasteiger partial charge in [-0.2, -0.15) is 0 Å². The highest BCUT2D eigenvalue weighted by Crippen LogP contribution is 2.30. The van der Waals surface area contributed by atoms with Gasteiger partial charge in [0.2, 0.25) is 0 Å². The molecule has 2 aromatic carbocycles. The topological polar surface area (TPSA) is 21.3 Å². The summed E-state index contributed by atoms with van der Waals surface area (Å²) in [6.07, 6.45) is 0.922. The summed E-state index contributed by atoms with van der Waals surface area (Å²) in [6, 6.07) is 12.9. The smallest absolute Gasteiger partial charge is 0.133 e. The van der Waals surface area contributed by atoms with Gasteiger partial charge in [-0.05, 0) is 93.4 Å². The molecule has 0 radical (unpaired) electrons. The molecule has 0 saturated heterocycles. The quantitative estimate of drug-likeness (QED) is 0.534. The predicted octanol–water partition coefficient (Wildman–Crippen LogP) is 5.33. The fraction of sp³-hybridized carbons (Fsp3) is 0.250. The standard InChI is InChI=1S/C16H16Br2INO/c1-20-15(12-9-11(17)4-5-14(12)19)8-10-3-6-16(21-2)13(18)7-10/h3-7,9,15,20H,8H2,1-2H3. The Morgan fingerprint density at radius 1 is 1.19 bits per heavy atom. The number of likely N-dealkylation sites (N-methyl/N-ethyl adjacent to an activating group) is 1. The zero-order chi connectivity index (χ0) is 15.4. The van der Waals surface area contributed by atoms with Crippen molar-refractivity contribution >= 4 is 54.5 Å². The number of halogens is 3. The molecule has 5 heteroatoms. The average molecular weight is 525 g/mol. The monoisotopic (exact) mass is 523 g/mol. The summed E-state index contributed by atoms with van der Waals surface area (Å²) in [7, 11) is 3.68. The molecule has 0 heterocycles. The van der Waals surface area contributed by atoms with Crippen LogP contribution in [0.15, 0.2) is 45.3 Å². The minimum Gasteiger partial charge on any atom is -0.496 e. The molecule has 0 saturated carbocycles. The van der Waals surface area contributed by atoms with Crippen molar-refractivity contribution in [3.63, 3.8) is 0 Å². The minimum absolute atomic E-state index is 0.273. The molecule has 0 aliphatic heterocycles. The van der Waals surface area contributed by atoms with Crippen LogP contribution in [0, 0.1) is 3.57 Å². The van der Waals surface area contributed by atoms with E-state index in [1.165, 1.54) is 14.7 Å². The normalized spacial score (nSPS) is 12.2. The van der Waals surface area contributed by atoms with E-state index in [9.17, 15) is 0 Å². The van der Waals surface area contributed by atoms with Crippen LogP contribution >= 0.6 is 54.5 Å². The molecule has 112 valence electrons. The summed E-state index contributed by atoms with van der Waals surface area (Å²) in [5, 5.41) is 3.41. The molecule has 0 amide bonds. The first kappa shape index (κ1) is 17.2. The molecule has 1 atom stereocenters. The lowest BCUT2D eigenvalue weighted by atomic mass is 9.99. The molecule has 1 unspecified atom stereocenters. The number of methoxy groups -OCH3 is 1. The molecule has 2 nitrogen and oxygen atoms in total. The van der Waals surface area contributed by atoms with Crippen molar-refractivity contribution in [3.05, 3.63) is 60.0 Å². The number of hydrogen-bond acceptors (Lipinski definition) is 2. The maximum absolute atomic E-state index is 5.28. The van der Waals surface area contributed by atoms with E-state index in [0.29, 0.717) is 0 Å². The van der Waals surface area contributed by atoms with Gasteiger partial charge in [-0.3, -0.25) is 0 Å². The van der Waals surface area contributed by atoms with E-state index in [4.69, 9.17) is 4.74 Å². The van der Waals surface area contributed by atoms with E-state index in [-0.39, 0.29) is 6.04 Å². The molecule has 0 spiro atoms. The van der Waals surface area contributed by atoms with Gasteiger partial charge in [0.1, 0.15) is 5.75 Å². The summed E-state index contributed by atoms with van der Waals surface area (Å²) in [6.45, 7) is 0.